The summed E-state index contributed by atoms with van der Waals surface area (Å²) in [6.45, 7) is 0.536. The van der Waals surface area contributed by atoms with Crippen molar-refractivity contribution in [2.75, 3.05) is 6.54 Å². The number of hydrogen-bond donors (Lipinski definition) is 2. The third-order valence-electron chi connectivity index (χ3n) is 3.97. The largest absolute Gasteiger partial charge is 0.480 e. The van der Waals surface area contributed by atoms with Crippen molar-refractivity contribution in [3.05, 3.63) is 0 Å². The fraction of sp³-hybridized carbons (Fsp3) is 0.833. The normalized spacial score (nSPS) is 28.1. The van der Waals surface area contributed by atoms with E-state index < -0.39 is 17.6 Å². The first-order chi connectivity index (χ1) is 8.04. The molecular formula is C12H20N2O3. The Morgan fingerprint density at radius 3 is 2.41 bits per heavy atom. The number of amides is 1. The molecule has 1 saturated carbocycles. The van der Waals surface area contributed by atoms with E-state index in [4.69, 9.17) is 10.8 Å². The fourth-order valence-electron chi connectivity index (χ4n) is 2.95. The first kappa shape index (κ1) is 12.4. The molecule has 0 unspecified atom stereocenters. The van der Waals surface area contributed by atoms with E-state index in [9.17, 15) is 9.59 Å². The van der Waals surface area contributed by atoms with Crippen LogP contribution in [-0.4, -0.2) is 40.0 Å². The van der Waals surface area contributed by atoms with Gasteiger partial charge in [0.25, 0.3) is 0 Å². The second kappa shape index (κ2) is 4.64. The van der Waals surface area contributed by atoms with Crippen molar-refractivity contribution in [2.24, 2.45) is 5.73 Å². The van der Waals surface area contributed by atoms with Crippen molar-refractivity contribution < 1.29 is 14.7 Å². The number of aliphatic carboxylic acids is 1. The van der Waals surface area contributed by atoms with Crippen molar-refractivity contribution >= 4 is 11.9 Å². The summed E-state index contributed by atoms with van der Waals surface area (Å²) in [5.41, 5.74) is 5.35. The monoisotopic (exact) mass is 240 g/mol. The summed E-state index contributed by atoms with van der Waals surface area (Å²) in [4.78, 5) is 24.9. The van der Waals surface area contributed by atoms with E-state index in [2.05, 4.69) is 0 Å². The first-order valence-electron chi connectivity index (χ1n) is 6.37. The van der Waals surface area contributed by atoms with E-state index >= 15 is 0 Å². The molecule has 1 atom stereocenters. The number of likely N-dealkylation sites (tertiary alicyclic amines) is 1. The average Bonchev–Trinajstić information content (AvgIpc) is 2.77. The van der Waals surface area contributed by atoms with Crippen molar-refractivity contribution in [3.63, 3.8) is 0 Å². The highest BCUT2D eigenvalue weighted by Crippen LogP contribution is 2.30. The minimum absolute atomic E-state index is 0.151. The SMILES string of the molecule is NC1(C(=O)N2CCC[C@H]2C(=O)O)CCCCC1. The molecule has 0 aromatic rings. The van der Waals surface area contributed by atoms with Gasteiger partial charge in [-0.25, -0.2) is 4.79 Å². The Bertz CT molecular complexity index is 324. The summed E-state index contributed by atoms with van der Waals surface area (Å²) in [5.74, 6) is -1.06. The van der Waals surface area contributed by atoms with Gasteiger partial charge in [0.05, 0.1) is 5.54 Å². The highest BCUT2D eigenvalue weighted by Gasteiger charge is 2.43. The molecule has 3 N–H and O–H groups in total. The Labute approximate surface area is 101 Å². The molecule has 1 amide bonds. The standard InChI is InChI=1S/C12H20N2O3/c13-12(6-2-1-3-7-12)11(17)14-8-4-5-9(14)10(15)16/h9H,1-8,13H2,(H,15,16)/t9-/m0/s1. The van der Waals surface area contributed by atoms with Crippen LogP contribution in [0.4, 0.5) is 0 Å². The van der Waals surface area contributed by atoms with Crippen LogP contribution in [0.15, 0.2) is 0 Å². The zero-order valence-corrected chi connectivity index (χ0v) is 10.0. The molecule has 1 heterocycles. The molecule has 0 radical (unpaired) electrons. The van der Waals surface area contributed by atoms with Crippen LogP contribution < -0.4 is 5.73 Å². The van der Waals surface area contributed by atoms with Gasteiger partial charge < -0.3 is 15.7 Å². The average molecular weight is 240 g/mol. The summed E-state index contributed by atoms with van der Waals surface area (Å²) < 4.78 is 0. The van der Waals surface area contributed by atoms with Gasteiger partial charge in [-0.2, -0.15) is 0 Å². The number of carbonyl (C=O) groups is 2. The maximum Gasteiger partial charge on any atom is 0.326 e. The van der Waals surface area contributed by atoms with Crippen LogP contribution >= 0.6 is 0 Å². The molecule has 0 aromatic carbocycles. The molecule has 1 saturated heterocycles. The van der Waals surface area contributed by atoms with E-state index in [0.717, 1.165) is 25.7 Å². The number of carbonyl (C=O) groups excluding carboxylic acids is 1. The third kappa shape index (κ3) is 2.29. The fourth-order valence-corrected chi connectivity index (χ4v) is 2.95. The molecule has 1 aliphatic carbocycles. The molecule has 0 bridgehead atoms. The predicted octanol–water partition coefficient (Wildman–Crippen LogP) is 0.724. The van der Waals surface area contributed by atoms with E-state index in [0.29, 0.717) is 25.8 Å². The molecule has 2 rings (SSSR count). The van der Waals surface area contributed by atoms with E-state index in [-0.39, 0.29) is 5.91 Å². The Balaban J connectivity index is 2.10. The van der Waals surface area contributed by atoms with Gasteiger partial charge in [0.15, 0.2) is 0 Å². The van der Waals surface area contributed by atoms with E-state index in [1.807, 2.05) is 0 Å². The quantitative estimate of drug-likeness (QED) is 0.745. The topological polar surface area (TPSA) is 83.6 Å². The highest BCUT2D eigenvalue weighted by atomic mass is 16.4. The second-order valence-electron chi connectivity index (χ2n) is 5.21. The Hall–Kier alpha value is -1.10. The lowest BCUT2D eigenvalue weighted by Gasteiger charge is -2.36. The van der Waals surface area contributed by atoms with E-state index in [1.165, 1.54) is 4.90 Å². The van der Waals surface area contributed by atoms with Gasteiger partial charge in [-0.3, -0.25) is 4.79 Å². The van der Waals surface area contributed by atoms with Crippen molar-refractivity contribution in [1.29, 1.82) is 0 Å². The van der Waals surface area contributed by atoms with Crippen LogP contribution in [0.25, 0.3) is 0 Å². The van der Waals surface area contributed by atoms with Gasteiger partial charge in [0, 0.05) is 6.54 Å². The van der Waals surface area contributed by atoms with Gasteiger partial charge in [0.1, 0.15) is 6.04 Å². The van der Waals surface area contributed by atoms with Gasteiger partial charge in [0.2, 0.25) is 5.91 Å². The van der Waals surface area contributed by atoms with Crippen molar-refractivity contribution in [2.45, 2.75) is 56.5 Å². The minimum Gasteiger partial charge on any atom is -0.480 e. The molecule has 5 heteroatoms. The zero-order chi connectivity index (χ0) is 12.5. The maximum atomic E-state index is 12.4. The van der Waals surface area contributed by atoms with E-state index in [1.54, 1.807) is 0 Å². The summed E-state index contributed by atoms with van der Waals surface area (Å²) in [5, 5.41) is 9.08. The molecule has 2 fully saturated rings. The summed E-state index contributed by atoms with van der Waals surface area (Å²) in [7, 11) is 0. The summed E-state index contributed by atoms with van der Waals surface area (Å²) in [6, 6.07) is -0.662. The molecule has 5 nitrogen and oxygen atoms in total. The van der Waals surface area contributed by atoms with Crippen LogP contribution in [0, 0.1) is 0 Å². The number of carboxylic acid groups (broad SMARTS) is 1. The lowest BCUT2D eigenvalue weighted by atomic mass is 9.81. The Morgan fingerprint density at radius 1 is 1.18 bits per heavy atom. The number of nitrogens with two attached hydrogens (primary N) is 1. The summed E-state index contributed by atoms with van der Waals surface area (Å²) >= 11 is 0. The van der Waals surface area contributed by atoms with Crippen LogP contribution in [0.3, 0.4) is 0 Å². The molecule has 96 valence electrons. The van der Waals surface area contributed by atoms with Crippen LogP contribution in [0.5, 0.6) is 0 Å². The Morgan fingerprint density at radius 2 is 1.82 bits per heavy atom. The first-order valence-corrected chi connectivity index (χ1v) is 6.37. The Kier molecular flexibility index (Phi) is 3.38. The van der Waals surface area contributed by atoms with Crippen molar-refractivity contribution in [3.8, 4) is 0 Å². The van der Waals surface area contributed by atoms with Gasteiger partial charge in [-0.15, -0.1) is 0 Å². The molecule has 0 spiro atoms. The van der Waals surface area contributed by atoms with Gasteiger partial charge in [-0.05, 0) is 25.7 Å². The van der Waals surface area contributed by atoms with Crippen LogP contribution in [0.1, 0.15) is 44.9 Å². The minimum atomic E-state index is -0.907. The molecular weight excluding hydrogens is 220 g/mol. The number of rotatable bonds is 2. The number of nitrogens with zero attached hydrogens (tertiary/aromatic N) is 1. The highest BCUT2D eigenvalue weighted by molar-refractivity contribution is 5.90. The van der Waals surface area contributed by atoms with Crippen LogP contribution in [0.2, 0.25) is 0 Å². The second-order valence-corrected chi connectivity index (χ2v) is 5.21. The zero-order valence-electron chi connectivity index (χ0n) is 10.0. The van der Waals surface area contributed by atoms with Gasteiger partial charge in [-0.1, -0.05) is 19.3 Å². The lowest BCUT2D eigenvalue weighted by Crippen LogP contribution is -2.58. The smallest absolute Gasteiger partial charge is 0.326 e. The van der Waals surface area contributed by atoms with Crippen molar-refractivity contribution in [1.82, 2.24) is 4.90 Å². The molecule has 1 aliphatic heterocycles. The van der Waals surface area contributed by atoms with Gasteiger partial charge >= 0.3 is 5.97 Å². The maximum absolute atomic E-state index is 12.4. The third-order valence-corrected chi connectivity index (χ3v) is 3.97. The molecule has 17 heavy (non-hydrogen) atoms. The predicted molar refractivity (Wildman–Crippen MR) is 62.4 cm³/mol. The van der Waals surface area contributed by atoms with Crippen LogP contribution in [-0.2, 0) is 9.59 Å². The molecule has 0 aromatic heterocycles. The lowest BCUT2D eigenvalue weighted by molar-refractivity contribution is -0.151. The number of carboxylic acids is 1. The summed E-state index contributed by atoms with van der Waals surface area (Å²) in [6.07, 6.45) is 5.75. The number of hydrogen-bond acceptors (Lipinski definition) is 3. The molecule has 2 aliphatic rings.